The fourth-order valence-electron chi connectivity index (χ4n) is 1.91. The molecule has 0 N–H and O–H groups in total. The maximum Gasteiger partial charge on any atom is 0.123 e. The van der Waals surface area contributed by atoms with Crippen LogP contribution in [0, 0.1) is 18.3 Å². The van der Waals surface area contributed by atoms with Gasteiger partial charge in [-0.25, -0.2) is 0 Å². The molecule has 2 rings (SSSR count). The van der Waals surface area contributed by atoms with E-state index in [9.17, 15) is 0 Å². The minimum atomic E-state index is 0.479. The van der Waals surface area contributed by atoms with Crippen molar-refractivity contribution in [1.82, 2.24) is 0 Å². The molecule has 0 fully saturated rings. The average molecular weight is 267 g/mol. The lowest BCUT2D eigenvalue weighted by Gasteiger charge is -2.10. The van der Waals surface area contributed by atoms with Crippen LogP contribution in [0.15, 0.2) is 42.5 Å². The first-order valence-corrected chi connectivity index (χ1v) is 6.58. The van der Waals surface area contributed by atoms with Gasteiger partial charge in [-0.2, -0.15) is 5.26 Å². The van der Waals surface area contributed by atoms with Gasteiger partial charge in [-0.3, -0.25) is 0 Å². The number of rotatable bonds is 5. The summed E-state index contributed by atoms with van der Waals surface area (Å²) in [5.74, 6) is 1.58. The molecule has 0 aromatic heterocycles. The summed E-state index contributed by atoms with van der Waals surface area (Å²) in [5.41, 5.74) is 2.81. The summed E-state index contributed by atoms with van der Waals surface area (Å²) in [6, 6.07) is 15.3. The molecule has 0 radical (unpaired) electrons. The SMILES string of the molecule is CCOc1cccc(OCc2ccc(C#N)cc2C)c1. The maximum atomic E-state index is 8.85. The van der Waals surface area contributed by atoms with Crippen LogP contribution in [-0.4, -0.2) is 6.61 Å². The molecular formula is C17H17NO2. The summed E-state index contributed by atoms with van der Waals surface area (Å²) < 4.78 is 11.2. The smallest absolute Gasteiger partial charge is 0.123 e. The summed E-state index contributed by atoms with van der Waals surface area (Å²) in [5, 5.41) is 8.85. The van der Waals surface area contributed by atoms with Crippen LogP contribution in [0.1, 0.15) is 23.6 Å². The van der Waals surface area contributed by atoms with Crippen LogP contribution >= 0.6 is 0 Å². The van der Waals surface area contributed by atoms with Crippen molar-refractivity contribution >= 4 is 0 Å². The van der Waals surface area contributed by atoms with Crippen molar-refractivity contribution in [2.24, 2.45) is 0 Å². The number of benzene rings is 2. The van der Waals surface area contributed by atoms with Gasteiger partial charge in [0, 0.05) is 6.07 Å². The van der Waals surface area contributed by atoms with Crippen LogP contribution in [0.2, 0.25) is 0 Å². The number of hydrogen-bond donors (Lipinski definition) is 0. The first-order valence-electron chi connectivity index (χ1n) is 6.58. The minimum absolute atomic E-state index is 0.479. The number of nitrogens with zero attached hydrogens (tertiary/aromatic N) is 1. The molecule has 0 saturated carbocycles. The van der Waals surface area contributed by atoms with Gasteiger partial charge < -0.3 is 9.47 Å². The van der Waals surface area contributed by atoms with Gasteiger partial charge in [0.05, 0.1) is 18.2 Å². The number of nitriles is 1. The first-order chi connectivity index (χ1) is 9.72. The zero-order chi connectivity index (χ0) is 14.4. The standard InChI is InChI=1S/C17H17NO2/c1-3-19-16-5-4-6-17(10-16)20-12-15-8-7-14(11-18)9-13(15)2/h4-10H,3,12H2,1-2H3. The monoisotopic (exact) mass is 267 g/mol. The van der Waals surface area contributed by atoms with Gasteiger partial charge in [0.25, 0.3) is 0 Å². The molecule has 0 aliphatic carbocycles. The van der Waals surface area contributed by atoms with E-state index in [0.29, 0.717) is 18.8 Å². The molecule has 0 bridgehead atoms. The molecule has 20 heavy (non-hydrogen) atoms. The van der Waals surface area contributed by atoms with Crippen LogP contribution in [0.25, 0.3) is 0 Å². The molecule has 0 aliphatic rings. The largest absolute Gasteiger partial charge is 0.494 e. The Hall–Kier alpha value is -2.47. The zero-order valence-electron chi connectivity index (χ0n) is 11.7. The molecule has 3 heteroatoms. The van der Waals surface area contributed by atoms with E-state index < -0.39 is 0 Å². The summed E-state index contributed by atoms with van der Waals surface area (Å²) in [7, 11) is 0. The van der Waals surface area contributed by atoms with Crippen molar-refractivity contribution in [1.29, 1.82) is 5.26 Å². The van der Waals surface area contributed by atoms with Gasteiger partial charge in [0.15, 0.2) is 0 Å². The molecule has 0 aliphatic heterocycles. The summed E-state index contributed by atoms with van der Waals surface area (Å²) in [4.78, 5) is 0. The van der Waals surface area contributed by atoms with Crippen molar-refractivity contribution in [3.8, 4) is 17.6 Å². The van der Waals surface area contributed by atoms with Gasteiger partial charge in [-0.05, 0) is 49.2 Å². The Labute approximate surface area is 119 Å². The topological polar surface area (TPSA) is 42.2 Å². The summed E-state index contributed by atoms with van der Waals surface area (Å²) in [6.45, 7) is 5.05. The average Bonchev–Trinajstić information content (AvgIpc) is 2.46. The minimum Gasteiger partial charge on any atom is -0.494 e. The lowest BCUT2D eigenvalue weighted by Crippen LogP contribution is -1.99. The van der Waals surface area contributed by atoms with Crippen LogP contribution in [-0.2, 0) is 6.61 Å². The van der Waals surface area contributed by atoms with Crippen molar-refractivity contribution in [2.75, 3.05) is 6.61 Å². The lowest BCUT2D eigenvalue weighted by molar-refractivity contribution is 0.299. The van der Waals surface area contributed by atoms with E-state index in [2.05, 4.69) is 6.07 Å². The van der Waals surface area contributed by atoms with E-state index in [1.165, 1.54) is 0 Å². The van der Waals surface area contributed by atoms with Crippen LogP contribution in [0.3, 0.4) is 0 Å². The molecule has 0 amide bonds. The van der Waals surface area contributed by atoms with Crippen LogP contribution in [0.5, 0.6) is 11.5 Å². The third-order valence-corrected chi connectivity index (χ3v) is 2.98. The molecule has 0 saturated heterocycles. The highest BCUT2D eigenvalue weighted by Crippen LogP contribution is 2.21. The molecular weight excluding hydrogens is 250 g/mol. The number of hydrogen-bond acceptors (Lipinski definition) is 3. The van der Waals surface area contributed by atoms with E-state index in [0.717, 1.165) is 22.6 Å². The van der Waals surface area contributed by atoms with Gasteiger partial charge in [0.1, 0.15) is 18.1 Å². The maximum absolute atomic E-state index is 8.85. The Bertz CT molecular complexity index is 629. The Balaban J connectivity index is 2.05. The summed E-state index contributed by atoms with van der Waals surface area (Å²) >= 11 is 0. The second kappa shape index (κ2) is 6.63. The molecule has 3 nitrogen and oxygen atoms in total. The van der Waals surface area contributed by atoms with Crippen molar-refractivity contribution in [2.45, 2.75) is 20.5 Å². The molecule has 0 spiro atoms. The summed E-state index contributed by atoms with van der Waals surface area (Å²) in [6.07, 6.45) is 0. The second-order valence-electron chi connectivity index (χ2n) is 4.45. The third-order valence-electron chi connectivity index (χ3n) is 2.98. The van der Waals surface area contributed by atoms with E-state index in [1.54, 1.807) is 0 Å². The molecule has 0 heterocycles. The second-order valence-corrected chi connectivity index (χ2v) is 4.45. The molecule has 0 atom stereocenters. The highest BCUT2D eigenvalue weighted by atomic mass is 16.5. The van der Waals surface area contributed by atoms with E-state index in [1.807, 2.05) is 56.3 Å². The van der Waals surface area contributed by atoms with Gasteiger partial charge in [0.2, 0.25) is 0 Å². The van der Waals surface area contributed by atoms with Crippen LogP contribution in [0.4, 0.5) is 0 Å². The highest BCUT2D eigenvalue weighted by Gasteiger charge is 2.02. The quantitative estimate of drug-likeness (QED) is 0.826. The third kappa shape index (κ3) is 3.52. The Morgan fingerprint density at radius 1 is 1.05 bits per heavy atom. The first kappa shape index (κ1) is 14.0. The van der Waals surface area contributed by atoms with Crippen molar-refractivity contribution in [3.05, 3.63) is 59.2 Å². The van der Waals surface area contributed by atoms with Gasteiger partial charge in [-0.15, -0.1) is 0 Å². The fourth-order valence-corrected chi connectivity index (χ4v) is 1.91. The van der Waals surface area contributed by atoms with Crippen molar-refractivity contribution in [3.63, 3.8) is 0 Å². The normalized spacial score (nSPS) is 9.85. The molecule has 0 unspecified atom stereocenters. The fraction of sp³-hybridized carbons (Fsp3) is 0.235. The van der Waals surface area contributed by atoms with Gasteiger partial charge >= 0.3 is 0 Å². The van der Waals surface area contributed by atoms with Crippen molar-refractivity contribution < 1.29 is 9.47 Å². The highest BCUT2D eigenvalue weighted by molar-refractivity contribution is 5.38. The van der Waals surface area contributed by atoms with E-state index in [4.69, 9.17) is 14.7 Å². The lowest BCUT2D eigenvalue weighted by atomic mass is 10.1. The Morgan fingerprint density at radius 2 is 1.80 bits per heavy atom. The zero-order valence-corrected chi connectivity index (χ0v) is 11.7. The molecule has 2 aromatic carbocycles. The number of ether oxygens (including phenoxy) is 2. The molecule has 2 aromatic rings. The number of aryl methyl sites for hydroxylation is 1. The van der Waals surface area contributed by atoms with Gasteiger partial charge in [-0.1, -0.05) is 12.1 Å². The predicted octanol–water partition coefficient (Wildman–Crippen LogP) is 3.84. The molecule has 102 valence electrons. The van der Waals surface area contributed by atoms with Crippen LogP contribution < -0.4 is 9.47 Å². The predicted molar refractivity (Wildman–Crippen MR) is 77.8 cm³/mol. The van der Waals surface area contributed by atoms with E-state index >= 15 is 0 Å². The van der Waals surface area contributed by atoms with E-state index in [-0.39, 0.29) is 0 Å². The Morgan fingerprint density at radius 3 is 2.45 bits per heavy atom. The Kier molecular flexibility index (Phi) is 4.62.